The summed E-state index contributed by atoms with van der Waals surface area (Å²) in [6, 6.07) is 4.61. The molecule has 110 valence electrons. The molecule has 1 fully saturated rings. The topological polar surface area (TPSA) is 40.5 Å². The first-order chi connectivity index (χ1) is 9.35. The predicted octanol–water partition coefficient (Wildman–Crippen LogP) is 3.41. The van der Waals surface area contributed by atoms with E-state index in [4.69, 9.17) is 11.6 Å². The maximum absolute atomic E-state index is 13.8. The number of carboxylic acid groups (broad SMARTS) is 1. The van der Waals surface area contributed by atoms with E-state index in [-0.39, 0.29) is 11.7 Å². The van der Waals surface area contributed by atoms with E-state index in [2.05, 4.69) is 0 Å². The van der Waals surface area contributed by atoms with E-state index in [1.807, 2.05) is 18.7 Å². The lowest BCUT2D eigenvalue weighted by Crippen LogP contribution is -2.39. The average Bonchev–Trinajstić information content (AvgIpc) is 2.78. The van der Waals surface area contributed by atoms with E-state index in [9.17, 15) is 14.3 Å². The molecule has 2 rings (SSSR count). The molecule has 3 nitrogen and oxygen atoms in total. The van der Waals surface area contributed by atoms with Crippen LogP contribution in [-0.4, -0.2) is 29.1 Å². The zero-order chi connectivity index (χ0) is 14.9. The Morgan fingerprint density at radius 2 is 2.25 bits per heavy atom. The molecule has 1 aliphatic heterocycles. The second-order valence-corrected chi connectivity index (χ2v) is 6.25. The van der Waals surface area contributed by atoms with Crippen molar-refractivity contribution in [3.63, 3.8) is 0 Å². The SMILES string of the molecule is CC(C)C1(C(=O)O)CCN(Cc2ccc(Cl)cc2F)C1. The van der Waals surface area contributed by atoms with E-state index in [1.54, 1.807) is 12.1 Å². The fourth-order valence-corrected chi connectivity index (χ4v) is 2.99. The number of carbonyl (C=O) groups is 1. The third-order valence-corrected chi connectivity index (χ3v) is 4.56. The lowest BCUT2D eigenvalue weighted by Gasteiger charge is -2.28. The zero-order valence-electron chi connectivity index (χ0n) is 11.7. The van der Waals surface area contributed by atoms with Crippen LogP contribution in [0.2, 0.25) is 5.02 Å². The van der Waals surface area contributed by atoms with Gasteiger partial charge < -0.3 is 5.11 Å². The minimum atomic E-state index is -0.758. The second kappa shape index (κ2) is 5.70. The zero-order valence-corrected chi connectivity index (χ0v) is 12.5. The molecule has 1 atom stereocenters. The van der Waals surface area contributed by atoms with E-state index in [0.717, 1.165) is 0 Å². The third kappa shape index (κ3) is 2.81. The molecule has 0 saturated carbocycles. The predicted molar refractivity (Wildman–Crippen MR) is 76.2 cm³/mol. The van der Waals surface area contributed by atoms with E-state index >= 15 is 0 Å². The first kappa shape index (κ1) is 15.3. The summed E-state index contributed by atoms with van der Waals surface area (Å²) >= 11 is 5.73. The molecule has 0 aromatic heterocycles. The van der Waals surface area contributed by atoms with Gasteiger partial charge in [-0.1, -0.05) is 31.5 Å². The number of hydrogen-bond acceptors (Lipinski definition) is 2. The van der Waals surface area contributed by atoms with Crippen LogP contribution in [0.15, 0.2) is 18.2 Å². The van der Waals surface area contributed by atoms with Crippen LogP contribution in [0, 0.1) is 17.2 Å². The number of nitrogens with zero attached hydrogens (tertiary/aromatic N) is 1. The summed E-state index contributed by atoms with van der Waals surface area (Å²) in [7, 11) is 0. The van der Waals surface area contributed by atoms with Crippen LogP contribution in [-0.2, 0) is 11.3 Å². The van der Waals surface area contributed by atoms with Gasteiger partial charge in [0.1, 0.15) is 5.82 Å². The summed E-state index contributed by atoms with van der Waals surface area (Å²) in [6.45, 7) is 5.42. The van der Waals surface area contributed by atoms with Gasteiger partial charge in [-0.15, -0.1) is 0 Å². The van der Waals surface area contributed by atoms with Crippen LogP contribution < -0.4 is 0 Å². The highest BCUT2D eigenvalue weighted by Gasteiger charge is 2.47. The normalized spacial score (nSPS) is 23.4. The molecule has 1 aromatic rings. The molecular weight excluding hydrogens is 281 g/mol. The number of rotatable bonds is 4. The van der Waals surface area contributed by atoms with Gasteiger partial charge in [0.05, 0.1) is 5.41 Å². The molecule has 1 unspecified atom stereocenters. The van der Waals surface area contributed by atoms with Crippen molar-refractivity contribution in [2.24, 2.45) is 11.3 Å². The molecule has 1 aromatic carbocycles. The Bertz CT molecular complexity index is 521. The van der Waals surface area contributed by atoms with Crippen molar-refractivity contribution in [1.29, 1.82) is 0 Å². The highest BCUT2D eigenvalue weighted by molar-refractivity contribution is 6.30. The molecule has 0 bridgehead atoms. The Hall–Kier alpha value is -1.13. The summed E-state index contributed by atoms with van der Waals surface area (Å²) in [4.78, 5) is 13.6. The molecule has 20 heavy (non-hydrogen) atoms. The number of halogens is 2. The summed E-state index contributed by atoms with van der Waals surface area (Å²) < 4.78 is 13.8. The number of benzene rings is 1. The average molecular weight is 300 g/mol. The van der Waals surface area contributed by atoms with Crippen molar-refractivity contribution < 1.29 is 14.3 Å². The van der Waals surface area contributed by atoms with Gasteiger partial charge in [0.15, 0.2) is 0 Å². The molecule has 1 saturated heterocycles. The third-order valence-electron chi connectivity index (χ3n) is 4.32. The molecule has 0 aliphatic carbocycles. The van der Waals surface area contributed by atoms with E-state index in [1.165, 1.54) is 6.07 Å². The van der Waals surface area contributed by atoms with Gasteiger partial charge in [-0.3, -0.25) is 9.69 Å². The molecule has 1 aliphatic rings. The van der Waals surface area contributed by atoms with Gasteiger partial charge in [-0.2, -0.15) is 0 Å². The Balaban J connectivity index is 2.11. The molecule has 1 heterocycles. The lowest BCUT2D eigenvalue weighted by molar-refractivity contribution is -0.151. The molecule has 0 amide bonds. The molecule has 1 N–H and O–H groups in total. The smallest absolute Gasteiger partial charge is 0.311 e. The monoisotopic (exact) mass is 299 g/mol. The highest BCUT2D eigenvalue weighted by atomic mass is 35.5. The number of likely N-dealkylation sites (tertiary alicyclic amines) is 1. The number of hydrogen-bond donors (Lipinski definition) is 1. The number of aliphatic carboxylic acids is 1. The Kier molecular flexibility index (Phi) is 4.35. The fraction of sp³-hybridized carbons (Fsp3) is 0.533. The molecule has 5 heteroatoms. The Morgan fingerprint density at radius 1 is 1.55 bits per heavy atom. The second-order valence-electron chi connectivity index (χ2n) is 5.81. The number of carboxylic acids is 1. The Labute approximate surface area is 123 Å². The van der Waals surface area contributed by atoms with Gasteiger partial charge in [-0.05, 0) is 31.0 Å². The molecular formula is C15H19ClFNO2. The minimum Gasteiger partial charge on any atom is -0.481 e. The minimum absolute atomic E-state index is 0.0556. The van der Waals surface area contributed by atoms with Crippen LogP contribution in [0.4, 0.5) is 4.39 Å². The maximum Gasteiger partial charge on any atom is 0.311 e. The Morgan fingerprint density at radius 3 is 2.75 bits per heavy atom. The highest BCUT2D eigenvalue weighted by Crippen LogP contribution is 2.38. The first-order valence-corrected chi connectivity index (χ1v) is 7.12. The van der Waals surface area contributed by atoms with Crippen molar-refractivity contribution in [3.8, 4) is 0 Å². The van der Waals surface area contributed by atoms with Gasteiger partial charge >= 0.3 is 5.97 Å². The molecule has 0 radical (unpaired) electrons. The summed E-state index contributed by atoms with van der Waals surface area (Å²) in [5, 5.41) is 9.86. The van der Waals surface area contributed by atoms with Crippen molar-refractivity contribution in [2.75, 3.05) is 13.1 Å². The van der Waals surface area contributed by atoms with Crippen LogP contribution in [0.25, 0.3) is 0 Å². The van der Waals surface area contributed by atoms with Crippen LogP contribution in [0.3, 0.4) is 0 Å². The largest absolute Gasteiger partial charge is 0.481 e. The van der Waals surface area contributed by atoms with Gasteiger partial charge in [0.25, 0.3) is 0 Å². The molecule has 0 spiro atoms. The van der Waals surface area contributed by atoms with Crippen molar-refractivity contribution in [2.45, 2.75) is 26.8 Å². The van der Waals surface area contributed by atoms with E-state index < -0.39 is 11.4 Å². The van der Waals surface area contributed by atoms with Crippen LogP contribution in [0.5, 0.6) is 0 Å². The van der Waals surface area contributed by atoms with Gasteiger partial charge in [0.2, 0.25) is 0 Å². The van der Waals surface area contributed by atoms with Gasteiger partial charge in [0, 0.05) is 23.7 Å². The van der Waals surface area contributed by atoms with Gasteiger partial charge in [-0.25, -0.2) is 4.39 Å². The standard InChI is InChI=1S/C15H19ClFNO2/c1-10(2)15(14(19)20)5-6-18(9-15)8-11-3-4-12(16)7-13(11)17/h3-4,7,10H,5-6,8-9H2,1-2H3,(H,19,20). The lowest BCUT2D eigenvalue weighted by atomic mass is 9.76. The van der Waals surface area contributed by atoms with Crippen molar-refractivity contribution in [1.82, 2.24) is 4.90 Å². The summed E-state index contributed by atoms with van der Waals surface area (Å²) in [5.74, 6) is -1.04. The maximum atomic E-state index is 13.8. The van der Waals surface area contributed by atoms with Crippen molar-refractivity contribution in [3.05, 3.63) is 34.6 Å². The fourth-order valence-electron chi connectivity index (χ4n) is 2.83. The van der Waals surface area contributed by atoms with Crippen molar-refractivity contribution >= 4 is 17.6 Å². The first-order valence-electron chi connectivity index (χ1n) is 6.75. The quantitative estimate of drug-likeness (QED) is 0.926. The van der Waals surface area contributed by atoms with Crippen LogP contribution >= 0.6 is 11.6 Å². The summed E-state index contributed by atoms with van der Waals surface area (Å²) in [5.41, 5.74) is -0.164. The van der Waals surface area contributed by atoms with E-state index in [0.29, 0.717) is 36.6 Å². The van der Waals surface area contributed by atoms with Crippen LogP contribution in [0.1, 0.15) is 25.8 Å². The summed E-state index contributed by atoms with van der Waals surface area (Å²) in [6.07, 6.45) is 0.606.